The van der Waals surface area contributed by atoms with Crippen LogP contribution >= 0.6 is 11.3 Å². The number of likely N-dealkylation sites (N-methyl/N-ethyl adjacent to an activating group) is 1. The Morgan fingerprint density at radius 3 is 3.00 bits per heavy atom. The van der Waals surface area contributed by atoms with Crippen LogP contribution in [0.15, 0.2) is 15.9 Å². The molecule has 0 saturated carbocycles. The van der Waals surface area contributed by atoms with Crippen molar-refractivity contribution < 1.29 is 19.1 Å². The maximum Gasteiger partial charge on any atom is 0.267 e. The molecule has 1 aliphatic rings. The van der Waals surface area contributed by atoms with Gasteiger partial charge in [-0.2, -0.15) is 0 Å². The number of carbonyl (C=O) groups excluding carboxylic acids is 1. The Kier molecular flexibility index (Phi) is 4.83. The number of amides is 1. The molecule has 8 nitrogen and oxygen atoms in total. The number of likely N-dealkylation sites (tertiary alicyclic amines) is 1. The van der Waals surface area contributed by atoms with Gasteiger partial charge in [0.2, 0.25) is 11.8 Å². The van der Waals surface area contributed by atoms with Gasteiger partial charge in [0, 0.05) is 20.0 Å². The normalized spacial score (nSPS) is 20.8. The van der Waals surface area contributed by atoms with Crippen LogP contribution in [0.5, 0.6) is 5.75 Å². The largest absolute Gasteiger partial charge is 0.495 e. The molecule has 0 bridgehead atoms. The third kappa shape index (κ3) is 3.28. The third-order valence-electron chi connectivity index (χ3n) is 4.11. The van der Waals surface area contributed by atoms with Crippen molar-refractivity contribution >= 4 is 17.2 Å². The van der Waals surface area contributed by atoms with Gasteiger partial charge in [-0.25, -0.2) is 0 Å². The molecular formula is C15H20N4O4S. The molecule has 1 amide bonds. The first kappa shape index (κ1) is 16.9. The molecule has 0 radical (unpaired) electrons. The maximum atomic E-state index is 12.6. The van der Waals surface area contributed by atoms with Crippen molar-refractivity contribution in [1.82, 2.24) is 20.0 Å². The van der Waals surface area contributed by atoms with Crippen LogP contribution in [0.3, 0.4) is 0 Å². The molecular weight excluding hydrogens is 332 g/mol. The number of thiophene rings is 1. The van der Waals surface area contributed by atoms with Gasteiger partial charge in [0.05, 0.1) is 25.8 Å². The molecule has 3 heterocycles. The summed E-state index contributed by atoms with van der Waals surface area (Å²) in [5.41, 5.74) is 0. The lowest BCUT2D eigenvalue weighted by Crippen LogP contribution is -2.40. The number of aryl methyl sites for hydroxylation is 1. The number of aromatic nitrogens is 2. The van der Waals surface area contributed by atoms with Gasteiger partial charge >= 0.3 is 0 Å². The highest BCUT2D eigenvalue weighted by Gasteiger charge is 2.38. The minimum Gasteiger partial charge on any atom is -0.495 e. The highest BCUT2D eigenvalue weighted by atomic mass is 32.1. The Morgan fingerprint density at radius 1 is 1.54 bits per heavy atom. The molecule has 9 heteroatoms. The Balaban J connectivity index is 1.66. The SMILES string of the molecule is COc1ccsc1C(=O)N1C[C@@H](O)[C@H](N(C)Cc2nnc(C)o2)C1. The molecule has 2 atom stereocenters. The van der Waals surface area contributed by atoms with Crippen molar-refractivity contribution in [3.8, 4) is 5.75 Å². The minimum absolute atomic E-state index is 0.120. The van der Waals surface area contributed by atoms with Gasteiger partial charge in [0.25, 0.3) is 5.91 Å². The molecule has 2 aromatic heterocycles. The first-order valence-corrected chi connectivity index (χ1v) is 8.45. The zero-order valence-corrected chi connectivity index (χ0v) is 14.6. The summed E-state index contributed by atoms with van der Waals surface area (Å²) in [4.78, 5) is 16.8. The molecule has 24 heavy (non-hydrogen) atoms. The van der Waals surface area contributed by atoms with E-state index in [-0.39, 0.29) is 18.5 Å². The summed E-state index contributed by atoms with van der Waals surface area (Å²) in [6, 6.07) is 1.58. The number of aliphatic hydroxyl groups excluding tert-OH is 1. The number of hydrogen-bond donors (Lipinski definition) is 1. The zero-order chi connectivity index (χ0) is 17.3. The number of aliphatic hydroxyl groups is 1. The minimum atomic E-state index is -0.631. The number of nitrogens with zero attached hydrogens (tertiary/aromatic N) is 4. The lowest BCUT2D eigenvalue weighted by atomic mass is 10.2. The van der Waals surface area contributed by atoms with Gasteiger partial charge in [-0.3, -0.25) is 9.69 Å². The van der Waals surface area contributed by atoms with Crippen LogP contribution in [0.2, 0.25) is 0 Å². The van der Waals surface area contributed by atoms with Crippen LogP contribution < -0.4 is 4.74 Å². The van der Waals surface area contributed by atoms with Gasteiger partial charge in [0.15, 0.2) is 0 Å². The fourth-order valence-corrected chi connectivity index (χ4v) is 3.68. The fourth-order valence-electron chi connectivity index (χ4n) is 2.86. The summed E-state index contributed by atoms with van der Waals surface area (Å²) in [6.07, 6.45) is -0.631. The summed E-state index contributed by atoms with van der Waals surface area (Å²) in [7, 11) is 3.41. The molecule has 3 rings (SSSR count). The van der Waals surface area contributed by atoms with E-state index < -0.39 is 6.10 Å². The van der Waals surface area contributed by atoms with Crippen molar-refractivity contribution in [2.24, 2.45) is 0 Å². The number of carbonyl (C=O) groups is 1. The number of hydrogen-bond acceptors (Lipinski definition) is 8. The average molecular weight is 352 g/mol. The standard InChI is InChI=1S/C15H20N4O4S/c1-9-16-17-13(23-9)8-18(2)10-6-19(7-11(10)20)15(21)14-12(22-3)4-5-24-14/h4-5,10-11,20H,6-8H2,1-3H3/t10-,11-/m1/s1. The quantitative estimate of drug-likeness (QED) is 0.849. The van der Waals surface area contributed by atoms with E-state index >= 15 is 0 Å². The van der Waals surface area contributed by atoms with Crippen molar-refractivity contribution in [2.45, 2.75) is 25.6 Å². The topological polar surface area (TPSA) is 91.9 Å². The second-order valence-electron chi connectivity index (χ2n) is 5.79. The molecule has 0 aromatic carbocycles. The molecule has 0 unspecified atom stereocenters. The van der Waals surface area contributed by atoms with E-state index in [1.54, 1.807) is 25.0 Å². The second-order valence-corrected chi connectivity index (χ2v) is 6.71. The highest BCUT2D eigenvalue weighted by Crippen LogP contribution is 2.28. The Hall–Kier alpha value is -1.97. The molecule has 1 aliphatic heterocycles. The first-order valence-electron chi connectivity index (χ1n) is 7.57. The van der Waals surface area contributed by atoms with Crippen LogP contribution in [-0.4, -0.2) is 70.4 Å². The van der Waals surface area contributed by atoms with E-state index in [4.69, 9.17) is 9.15 Å². The van der Waals surface area contributed by atoms with Crippen molar-refractivity contribution in [3.63, 3.8) is 0 Å². The third-order valence-corrected chi connectivity index (χ3v) is 4.99. The Morgan fingerprint density at radius 2 is 2.33 bits per heavy atom. The van der Waals surface area contributed by atoms with Crippen LogP contribution in [0.1, 0.15) is 21.5 Å². The Labute approximate surface area is 143 Å². The molecule has 1 fully saturated rings. The van der Waals surface area contributed by atoms with E-state index in [0.29, 0.717) is 35.5 Å². The van der Waals surface area contributed by atoms with Gasteiger partial charge in [-0.1, -0.05) is 0 Å². The molecule has 1 N–H and O–H groups in total. The summed E-state index contributed by atoms with van der Waals surface area (Å²) < 4.78 is 10.6. The summed E-state index contributed by atoms with van der Waals surface area (Å²) >= 11 is 1.34. The molecule has 0 spiro atoms. The first-order chi connectivity index (χ1) is 11.5. The lowest BCUT2D eigenvalue weighted by Gasteiger charge is -2.24. The van der Waals surface area contributed by atoms with Crippen LogP contribution in [0.4, 0.5) is 0 Å². The second kappa shape index (κ2) is 6.88. The lowest BCUT2D eigenvalue weighted by molar-refractivity contribution is 0.0763. The predicted octanol–water partition coefficient (Wildman–Crippen LogP) is 0.765. The van der Waals surface area contributed by atoms with E-state index in [1.807, 2.05) is 17.3 Å². The Bertz CT molecular complexity index is 716. The smallest absolute Gasteiger partial charge is 0.267 e. The van der Waals surface area contributed by atoms with Gasteiger partial charge in [-0.05, 0) is 18.5 Å². The van der Waals surface area contributed by atoms with E-state index in [2.05, 4.69) is 10.2 Å². The van der Waals surface area contributed by atoms with Crippen molar-refractivity contribution in [2.75, 3.05) is 27.2 Å². The number of rotatable bonds is 5. The summed E-state index contributed by atoms with van der Waals surface area (Å²) in [5.74, 6) is 1.45. The number of methoxy groups -OCH3 is 1. The van der Waals surface area contributed by atoms with Gasteiger partial charge in [0.1, 0.15) is 10.6 Å². The summed E-state index contributed by atoms with van der Waals surface area (Å²) in [5, 5.41) is 19.9. The summed E-state index contributed by atoms with van der Waals surface area (Å²) in [6.45, 7) is 2.88. The van der Waals surface area contributed by atoms with Crippen LogP contribution in [-0.2, 0) is 6.54 Å². The van der Waals surface area contributed by atoms with Crippen molar-refractivity contribution in [3.05, 3.63) is 28.1 Å². The monoisotopic (exact) mass is 352 g/mol. The fraction of sp³-hybridized carbons (Fsp3) is 0.533. The average Bonchev–Trinajstić information content (AvgIpc) is 3.26. The number of β-amino-alcohol motifs (C(OH)–C–C–N with tert-alkyl or cyclic N) is 1. The molecule has 2 aromatic rings. The predicted molar refractivity (Wildman–Crippen MR) is 87.1 cm³/mol. The van der Waals surface area contributed by atoms with Gasteiger partial charge in [-0.15, -0.1) is 21.5 Å². The molecule has 1 saturated heterocycles. The van der Waals surface area contributed by atoms with Gasteiger partial charge < -0.3 is 19.2 Å². The maximum absolute atomic E-state index is 12.6. The highest BCUT2D eigenvalue weighted by molar-refractivity contribution is 7.12. The van der Waals surface area contributed by atoms with E-state index in [1.165, 1.54) is 11.3 Å². The molecule has 0 aliphatic carbocycles. The molecule has 130 valence electrons. The van der Waals surface area contributed by atoms with E-state index in [0.717, 1.165) is 0 Å². The zero-order valence-electron chi connectivity index (χ0n) is 13.8. The number of ether oxygens (including phenoxy) is 1. The van der Waals surface area contributed by atoms with Crippen LogP contribution in [0, 0.1) is 6.92 Å². The van der Waals surface area contributed by atoms with Crippen LogP contribution in [0.25, 0.3) is 0 Å². The van der Waals surface area contributed by atoms with Crippen molar-refractivity contribution in [1.29, 1.82) is 0 Å². The van der Waals surface area contributed by atoms with E-state index in [9.17, 15) is 9.90 Å².